The first-order chi connectivity index (χ1) is 9.21. The Kier molecular flexibility index (Phi) is 6.18. The maximum atomic E-state index is 12.4. The van der Waals surface area contributed by atoms with E-state index in [4.69, 9.17) is 0 Å². The van der Waals surface area contributed by atoms with Crippen molar-refractivity contribution in [1.29, 1.82) is 0 Å². The fourth-order valence-electron chi connectivity index (χ4n) is 1.58. The van der Waals surface area contributed by atoms with E-state index in [1.54, 1.807) is 13.0 Å². The van der Waals surface area contributed by atoms with Crippen LogP contribution in [-0.4, -0.2) is 37.4 Å². The average Bonchev–Trinajstić information content (AvgIpc) is 2.40. The molecular formula is C12H17Br2NO4S. The smallest absolute Gasteiger partial charge is 0.242 e. The Morgan fingerprint density at radius 2 is 1.75 bits per heavy atom. The molecule has 0 atom stereocenters. The molecule has 0 aliphatic rings. The van der Waals surface area contributed by atoms with E-state index in [1.165, 1.54) is 6.07 Å². The number of benzene rings is 1. The molecule has 0 saturated heterocycles. The molecule has 0 aliphatic heterocycles. The molecule has 0 heterocycles. The fraction of sp³-hybridized carbons (Fsp3) is 0.500. The molecule has 0 fully saturated rings. The summed E-state index contributed by atoms with van der Waals surface area (Å²) in [5.74, 6) is 0. The van der Waals surface area contributed by atoms with E-state index in [-0.39, 0.29) is 11.3 Å². The second kappa shape index (κ2) is 6.85. The molecule has 0 amide bonds. The number of aliphatic hydroxyl groups is 2. The minimum Gasteiger partial charge on any atom is -0.394 e. The highest BCUT2D eigenvalue weighted by atomic mass is 79.9. The van der Waals surface area contributed by atoms with E-state index >= 15 is 0 Å². The minimum atomic E-state index is -3.87. The van der Waals surface area contributed by atoms with Crippen molar-refractivity contribution in [3.8, 4) is 0 Å². The molecule has 0 aliphatic carbocycles. The Hall–Kier alpha value is 0.01000. The maximum absolute atomic E-state index is 12.4. The SMILES string of the molecule is CCC(CO)(CO)NS(=O)(=O)c1cc(Br)c(C)cc1Br. The van der Waals surface area contributed by atoms with Crippen LogP contribution in [0.15, 0.2) is 26.0 Å². The van der Waals surface area contributed by atoms with Crippen LogP contribution in [0.1, 0.15) is 18.9 Å². The lowest BCUT2D eigenvalue weighted by atomic mass is 10.0. The molecule has 0 saturated carbocycles. The normalized spacial score (nSPS) is 12.7. The fourth-order valence-corrected chi connectivity index (χ4v) is 4.72. The molecule has 1 aromatic rings. The Labute approximate surface area is 135 Å². The summed E-state index contributed by atoms with van der Waals surface area (Å²) in [6, 6.07) is 3.17. The van der Waals surface area contributed by atoms with Crippen molar-refractivity contribution in [2.24, 2.45) is 0 Å². The largest absolute Gasteiger partial charge is 0.394 e. The summed E-state index contributed by atoms with van der Waals surface area (Å²) in [7, 11) is -3.87. The topological polar surface area (TPSA) is 86.6 Å². The lowest BCUT2D eigenvalue weighted by molar-refractivity contribution is 0.105. The first-order valence-corrected chi connectivity index (χ1v) is 8.99. The van der Waals surface area contributed by atoms with Crippen molar-refractivity contribution in [2.45, 2.75) is 30.7 Å². The van der Waals surface area contributed by atoms with Gasteiger partial charge in [-0.25, -0.2) is 13.1 Å². The highest BCUT2D eigenvalue weighted by Gasteiger charge is 2.33. The molecule has 1 rings (SSSR count). The summed E-state index contributed by atoms with van der Waals surface area (Å²) in [5.41, 5.74) is -0.378. The third kappa shape index (κ3) is 3.80. The predicted octanol–water partition coefficient (Wildman–Crippen LogP) is 1.93. The van der Waals surface area contributed by atoms with Crippen molar-refractivity contribution in [2.75, 3.05) is 13.2 Å². The molecule has 1 aromatic carbocycles. The summed E-state index contributed by atoms with van der Waals surface area (Å²) in [4.78, 5) is 0.0506. The summed E-state index contributed by atoms with van der Waals surface area (Å²) >= 11 is 6.52. The van der Waals surface area contributed by atoms with Gasteiger partial charge in [0.05, 0.1) is 23.6 Å². The Bertz CT molecular complexity index is 577. The van der Waals surface area contributed by atoms with Gasteiger partial charge in [-0.15, -0.1) is 0 Å². The van der Waals surface area contributed by atoms with Crippen LogP contribution >= 0.6 is 31.9 Å². The maximum Gasteiger partial charge on any atom is 0.242 e. The van der Waals surface area contributed by atoms with E-state index in [1.807, 2.05) is 6.92 Å². The van der Waals surface area contributed by atoms with E-state index in [0.29, 0.717) is 8.95 Å². The summed E-state index contributed by atoms with van der Waals surface area (Å²) < 4.78 is 28.3. The molecule has 0 bridgehead atoms. The van der Waals surface area contributed by atoms with E-state index in [0.717, 1.165) is 5.56 Å². The lowest BCUT2D eigenvalue weighted by Gasteiger charge is -2.29. The number of halogens is 2. The standard InChI is InChI=1S/C12H17Br2NO4S/c1-3-12(6-16,7-17)15-20(18,19)11-5-9(13)8(2)4-10(11)14/h4-5,15-17H,3,6-7H2,1-2H3. The van der Waals surface area contributed by atoms with Crippen molar-refractivity contribution in [3.63, 3.8) is 0 Å². The number of aryl methyl sites for hydroxylation is 1. The lowest BCUT2D eigenvalue weighted by Crippen LogP contribution is -2.53. The molecule has 0 unspecified atom stereocenters. The highest BCUT2D eigenvalue weighted by Crippen LogP contribution is 2.29. The van der Waals surface area contributed by atoms with Gasteiger partial charge in [0, 0.05) is 8.95 Å². The van der Waals surface area contributed by atoms with Gasteiger partial charge in [-0.1, -0.05) is 22.9 Å². The van der Waals surface area contributed by atoms with Gasteiger partial charge in [0.15, 0.2) is 0 Å². The van der Waals surface area contributed by atoms with Gasteiger partial charge >= 0.3 is 0 Å². The van der Waals surface area contributed by atoms with Crippen LogP contribution in [0.3, 0.4) is 0 Å². The summed E-state index contributed by atoms with van der Waals surface area (Å²) in [5, 5.41) is 18.7. The molecule has 0 radical (unpaired) electrons. The second-order valence-electron chi connectivity index (χ2n) is 4.59. The number of rotatable bonds is 6. The zero-order chi connectivity index (χ0) is 15.6. The van der Waals surface area contributed by atoms with E-state index in [9.17, 15) is 18.6 Å². The molecule has 0 spiro atoms. The van der Waals surface area contributed by atoms with Crippen LogP contribution in [-0.2, 0) is 10.0 Å². The molecule has 20 heavy (non-hydrogen) atoms. The van der Waals surface area contributed by atoms with Gasteiger partial charge in [-0.3, -0.25) is 0 Å². The van der Waals surface area contributed by atoms with Crippen LogP contribution in [0.25, 0.3) is 0 Å². The Morgan fingerprint density at radius 3 is 2.20 bits per heavy atom. The molecule has 114 valence electrons. The van der Waals surface area contributed by atoms with Crippen LogP contribution < -0.4 is 4.72 Å². The van der Waals surface area contributed by atoms with E-state index in [2.05, 4.69) is 36.6 Å². The monoisotopic (exact) mass is 429 g/mol. The van der Waals surface area contributed by atoms with E-state index < -0.39 is 28.8 Å². The van der Waals surface area contributed by atoms with Crippen molar-refractivity contribution in [1.82, 2.24) is 4.72 Å². The number of hydrogen-bond acceptors (Lipinski definition) is 4. The van der Waals surface area contributed by atoms with Crippen LogP contribution in [0.2, 0.25) is 0 Å². The van der Waals surface area contributed by atoms with Crippen LogP contribution in [0.5, 0.6) is 0 Å². The third-order valence-electron chi connectivity index (χ3n) is 3.14. The van der Waals surface area contributed by atoms with Gasteiger partial charge in [-0.2, -0.15) is 0 Å². The Balaban J connectivity index is 3.28. The number of sulfonamides is 1. The molecule has 8 heteroatoms. The summed E-state index contributed by atoms with van der Waals surface area (Å²) in [6.45, 7) is 2.57. The van der Waals surface area contributed by atoms with Crippen LogP contribution in [0.4, 0.5) is 0 Å². The van der Waals surface area contributed by atoms with Gasteiger partial charge in [0.2, 0.25) is 10.0 Å². The van der Waals surface area contributed by atoms with Crippen molar-refractivity contribution >= 4 is 41.9 Å². The molecular weight excluding hydrogens is 414 g/mol. The first kappa shape index (κ1) is 18.1. The Morgan fingerprint density at radius 1 is 1.20 bits per heavy atom. The molecule has 3 N–H and O–H groups in total. The van der Waals surface area contributed by atoms with Crippen LogP contribution in [0, 0.1) is 6.92 Å². The van der Waals surface area contributed by atoms with Crippen molar-refractivity contribution in [3.05, 3.63) is 26.6 Å². The first-order valence-electron chi connectivity index (χ1n) is 5.92. The average molecular weight is 431 g/mol. The van der Waals surface area contributed by atoms with Gasteiger partial charge in [-0.05, 0) is 47.0 Å². The number of aliphatic hydroxyl groups excluding tert-OH is 2. The van der Waals surface area contributed by atoms with Crippen molar-refractivity contribution < 1.29 is 18.6 Å². The number of hydrogen-bond donors (Lipinski definition) is 3. The number of nitrogens with one attached hydrogen (secondary N) is 1. The zero-order valence-corrected chi connectivity index (χ0v) is 15.1. The van der Waals surface area contributed by atoms with Gasteiger partial charge in [0.1, 0.15) is 0 Å². The summed E-state index contributed by atoms with van der Waals surface area (Å²) in [6.07, 6.45) is 0.268. The molecule has 0 aromatic heterocycles. The predicted molar refractivity (Wildman–Crippen MR) is 84.1 cm³/mol. The van der Waals surface area contributed by atoms with Gasteiger partial charge in [0.25, 0.3) is 0 Å². The quantitative estimate of drug-likeness (QED) is 0.643. The highest BCUT2D eigenvalue weighted by molar-refractivity contribution is 9.11. The third-order valence-corrected chi connectivity index (χ3v) is 6.53. The zero-order valence-electron chi connectivity index (χ0n) is 11.2. The van der Waals surface area contributed by atoms with Gasteiger partial charge < -0.3 is 10.2 Å². The molecule has 5 nitrogen and oxygen atoms in total. The minimum absolute atomic E-state index is 0.0506. The second-order valence-corrected chi connectivity index (χ2v) is 7.95.